The normalized spacial score (nSPS) is 23.9. The van der Waals surface area contributed by atoms with E-state index >= 15 is 0 Å². The second-order valence-corrected chi connectivity index (χ2v) is 5.89. The van der Waals surface area contributed by atoms with Crippen LogP contribution < -0.4 is 0 Å². The van der Waals surface area contributed by atoms with Gasteiger partial charge < -0.3 is 4.74 Å². The SMILES string of the molecule is CCCC(C)(CCC(C)C)C1CC(=O)OC1=O. The number of hydrogen-bond acceptors (Lipinski definition) is 3. The summed E-state index contributed by atoms with van der Waals surface area (Å²) in [6.07, 6.45) is 4.37. The molecule has 3 nitrogen and oxygen atoms in total. The van der Waals surface area contributed by atoms with Crippen LogP contribution in [-0.2, 0) is 14.3 Å². The predicted molar refractivity (Wildman–Crippen MR) is 66.3 cm³/mol. The lowest BCUT2D eigenvalue weighted by atomic mass is 9.69. The first-order valence-corrected chi connectivity index (χ1v) is 6.63. The number of esters is 2. The molecule has 0 aliphatic carbocycles. The number of carbonyl (C=O) groups is 2. The van der Waals surface area contributed by atoms with Crippen molar-refractivity contribution in [2.75, 3.05) is 0 Å². The summed E-state index contributed by atoms with van der Waals surface area (Å²) >= 11 is 0. The summed E-state index contributed by atoms with van der Waals surface area (Å²) in [5, 5.41) is 0. The lowest BCUT2D eigenvalue weighted by Crippen LogP contribution is -2.31. The minimum Gasteiger partial charge on any atom is -0.393 e. The second kappa shape index (κ2) is 5.65. The smallest absolute Gasteiger partial charge is 0.317 e. The molecule has 1 aliphatic heterocycles. The summed E-state index contributed by atoms with van der Waals surface area (Å²) in [5.41, 5.74) is -0.0811. The molecular weight excluding hydrogens is 216 g/mol. The van der Waals surface area contributed by atoms with Gasteiger partial charge in [0, 0.05) is 0 Å². The van der Waals surface area contributed by atoms with Crippen molar-refractivity contribution in [3.05, 3.63) is 0 Å². The molecule has 0 radical (unpaired) electrons. The van der Waals surface area contributed by atoms with E-state index in [0.29, 0.717) is 5.92 Å². The Kier molecular flexibility index (Phi) is 4.72. The standard InChI is InChI=1S/C14H24O3/c1-5-7-14(4,8-6-10(2)3)11-9-12(15)17-13(11)16/h10-11H,5-9H2,1-4H3. The van der Waals surface area contributed by atoms with Gasteiger partial charge in [0.05, 0.1) is 12.3 Å². The maximum atomic E-state index is 11.7. The molecule has 3 heteroatoms. The van der Waals surface area contributed by atoms with Crippen molar-refractivity contribution < 1.29 is 14.3 Å². The van der Waals surface area contributed by atoms with E-state index in [1.807, 2.05) is 0 Å². The summed E-state index contributed by atoms with van der Waals surface area (Å²) in [6.45, 7) is 8.62. The number of rotatable bonds is 6. The third-order valence-corrected chi connectivity index (χ3v) is 3.82. The highest BCUT2D eigenvalue weighted by molar-refractivity contribution is 5.95. The minimum atomic E-state index is -0.355. The Morgan fingerprint density at radius 2 is 2.00 bits per heavy atom. The molecule has 0 saturated carbocycles. The van der Waals surface area contributed by atoms with Crippen molar-refractivity contribution in [2.45, 2.75) is 59.8 Å². The zero-order valence-corrected chi connectivity index (χ0v) is 11.4. The first-order valence-electron chi connectivity index (χ1n) is 6.63. The van der Waals surface area contributed by atoms with E-state index in [-0.39, 0.29) is 29.7 Å². The van der Waals surface area contributed by atoms with Crippen molar-refractivity contribution in [1.29, 1.82) is 0 Å². The molecule has 1 saturated heterocycles. The molecule has 2 atom stereocenters. The van der Waals surface area contributed by atoms with Gasteiger partial charge in [-0.3, -0.25) is 9.59 Å². The third-order valence-electron chi connectivity index (χ3n) is 3.82. The van der Waals surface area contributed by atoms with Gasteiger partial charge in [0.1, 0.15) is 0 Å². The van der Waals surface area contributed by atoms with Gasteiger partial charge in [-0.15, -0.1) is 0 Å². The van der Waals surface area contributed by atoms with Crippen molar-refractivity contribution in [3.63, 3.8) is 0 Å². The topological polar surface area (TPSA) is 43.4 Å². The second-order valence-electron chi connectivity index (χ2n) is 5.89. The van der Waals surface area contributed by atoms with E-state index in [4.69, 9.17) is 4.74 Å². The highest BCUT2D eigenvalue weighted by Crippen LogP contribution is 2.43. The maximum Gasteiger partial charge on any atom is 0.317 e. The monoisotopic (exact) mass is 240 g/mol. The van der Waals surface area contributed by atoms with E-state index in [9.17, 15) is 9.59 Å². The Hall–Kier alpha value is -0.860. The molecule has 0 bridgehead atoms. The van der Waals surface area contributed by atoms with E-state index < -0.39 is 0 Å². The van der Waals surface area contributed by atoms with Crippen molar-refractivity contribution in [3.8, 4) is 0 Å². The van der Waals surface area contributed by atoms with Gasteiger partial charge in [0.2, 0.25) is 0 Å². The average Bonchev–Trinajstić information content (AvgIpc) is 2.56. The average molecular weight is 240 g/mol. The highest BCUT2D eigenvalue weighted by Gasteiger charge is 2.45. The first kappa shape index (κ1) is 14.2. The molecule has 0 aromatic carbocycles. The van der Waals surface area contributed by atoms with Crippen LogP contribution in [0.2, 0.25) is 0 Å². The summed E-state index contributed by atoms with van der Waals surface area (Å²) in [6, 6.07) is 0. The van der Waals surface area contributed by atoms with Gasteiger partial charge in [-0.25, -0.2) is 0 Å². The van der Waals surface area contributed by atoms with Crippen LogP contribution >= 0.6 is 0 Å². The molecule has 0 spiro atoms. The minimum absolute atomic E-state index is 0.0811. The van der Waals surface area contributed by atoms with Crippen LogP contribution in [0.3, 0.4) is 0 Å². The number of hydrogen-bond donors (Lipinski definition) is 0. The Bertz CT molecular complexity index is 296. The van der Waals surface area contributed by atoms with Gasteiger partial charge in [-0.1, -0.05) is 40.5 Å². The van der Waals surface area contributed by atoms with E-state index in [1.54, 1.807) is 0 Å². The molecule has 0 N–H and O–H groups in total. The molecule has 98 valence electrons. The molecule has 0 aromatic heterocycles. The number of cyclic esters (lactones) is 2. The third kappa shape index (κ3) is 3.55. The van der Waals surface area contributed by atoms with Gasteiger partial charge in [-0.2, -0.15) is 0 Å². The van der Waals surface area contributed by atoms with E-state index in [2.05, 4.69) is 27.7 Å². The van der Waals surface area contributed by atoms with Crippen LogP contribution in [-0.4, -0.2) is 11.9 Å². The Morgan fingerprint density at radius 3 is 2.41 bits per heavy atom. The van der Waals surface area contributed by atoms with Crippen molar-refractivity contribution in [2.24, 2.45) is 17.3 Å². The van der Waals surface area contributed by atoms with E-state index in [0.717, 1.165) is 25.7 Å². The molecule has 1 aliphatic rings. The summed E-state index contributed by atoms with van der Waals surface area (Å²) in [4.78, 5) is 22.9. The quantitative estimate of drug-likeness (QED) is 0.528. The molecule has 1 rings (SSSR count). The molecule has 0 amide bonds. The molecule has 1 fully saturated rings. The lowest BCUT2D eigenvalue weighted by molar-refractivity contribution is -0.154. The van der Waals surface area contributed by atoms with Gasteiger partial charge in [0.25, 0.3) is 0 Å². The number of carbonyl (C=O) groups excluding carboxylic acids is 2. The highest BCUT2D eigenvalue weighted by atomic mass is 16.6. The van der Waals surface area contributed by atoms with Gasteiger partial charge in [0.15, 0.2) is 0 Å². The summed E-state index contributed by atoms with van der Waals surface area (Å²) in [7, 11) is 0. The fourth-order valence-corrected chi connectivity index (χ4v) is 2.67. The molecule has 17 heavy (non-hydrogen) atoms. The molecular formula is C14H24O3. The van der Waals surface area contributed by atoms with Crippen molar-refractivity contribution >= 4 is 11.9 Å². The van der Waals surface area contributed by atoms with Crippen LogP contribution in [0.15, 0.2) is 0 Å². The zero-order chi connectivity index (χ0) is 13.1. The fraction of sp³-hybridized carbons (Fsp3) is 0.857. The largest absolute Gasteiger partial charge is 0.393 e. The first-order chi connectivity index (χ1) is 7.89. The Labute approximate surface area is 104 Å². The van der Waals surface area contributed by atoms with Crippen LogP contribution in [0, 0.1) is 17.3 Å². The summed E-state index contributed by atoms with van der Waals surface area (Å²) < 4.78 is 4.70. The van der Waals surface area contributed by atoms with Crippen LogP contribution in [0.5, 0.6) is 0 Å². The predicted octanol–water partition coefficient (Wildman–Crippen LogP) is 3.32. The van der Waals surface area contributed by atoms with Crippen molar-refractivity contribution in [1.82, 2.24) is 0 Å². The molecule has 0 aromatic rings. The zero-order valence-electron chi connectivity index (χ0n) is 11.4. The van der Waals surface area contributed by atoms with Crippen LogP contribution in [0.1, 0.15) is 59.8 Å². The lowest BCUT2D eigenvalue weighted by Gasteiger charge is -2.33. The Morgan fingerprint density at radius 1 is 1.35 bits per heavy atom. The summed E-state index contributed by atoms with van der Waals surface area (Å²) in [5.74, 6) is -0.269. The van der Waals surface area contributed by atoms with Crippen LogP contribution in [0.25, 0.3) is 0 Å². The van der Waals surface area contributed by atoms with Gasteiger partial charge >= 0.3 is 11.9 Å². The molecule has 1 heterocycles. The van der Waals surface area contributed by atoms with Gasteiger partial charge in [-0.05, 0) is 24.2 Å². The Balaban J connectivity index is 2.75. The number of ether oxygens (including phenoxy) is 1. The van der Waals surface area contributed by atoms with Crippen LogP contribution in [0.4, 0.5) is 0 Å². The van der Waals surface area contributed by atoms with E-state index in [1.165, 1.54) is 0 Å². The fourth-order valence-electron chi connectivity index (χ4n) is 2.67. The molecule has 2 unspecified atom stereocenters. The maximum absolute atomic E-state index is 11.7.